The van der Waals surface area contributed by atoms with Crippen molar-refractivity contribution in [2.75, 3.05) is 26.2 Å². The van der Waals surface area contributed by atoms with Crippen LogP contribution in [0.15, 0.2) is 65.6 Å². The van der Waals surface area contributed by atoms with E-state index in [1.807, 2.05) is 0 Å². The molecule has 0 atom stereocenters. The van der Waals surface area contributed by atoms with Gasteiger partial charge in [0, 0.05) is 19.8 Å². The quantitative estimate of drug-likeness (QED) is 0.482. The molecule has 5 rings (SSSR count). The van der Waals surface area contributed by atoms with Crippen LogP contribution in [0.4, 0.5) is 18.9 Å². The third-order valence-electron chi connectivity index (χ3n) is 6.59. The lowest BCUT2D eigenvalue weighted by molar-refractivity contribution is -0.137. The monoisotopic (exact) mass is 532 g/mol. The van der Waals surface area contributed by atoms with Crippen LogP contribution in [0.2, 0.25) is 0 Å². The number of nitrogens with zero attached hydrogens (tertiary/aromatic N) is 1. The van der Waals surface area contributed by atoms with Crippen LogP contribution in [0.25, 0.3) is 11.1 Å². The predicted molar refractivity (Wildman–Crippen MR) is 130 cm³/mol. The average molecular weight is 533 g/mol. The third-order valence-corrected chi connectivity index (χ3v) is 8.42. The first kappa shape index (κ1) is 25.1. The molecule has 2 aliphatic rings. The maximum Gasteiger partial charge on any atom is 0.416 e. The zero-order chi connectivity index (χ0) is 26.6. The zero-order valence-electron chi connectivity index (χ0n) is 19.9. The molecular weight excluding hydrogens is 509 g/mol. The third kappa shape index (κ3) is 4.64. The number of rotatable bonds is 6. The summed E-state index contributed by atoms with van der Waals surface area (Å²) in [6, 6.07) is 14.1. The van der Waals surface area contributed by atoms with Crippen molar-refractivity contribution in [2.24, 2.45) is 0 Å². The van der Waals surface area contributed by atoms with Gasteiger partial charge in [-0.25, -0.2) is 12.7 Å². The Balaban J connectivity index is 1.46. The number of sulfonamides is 1. The van der Waals surface area contributed by atoms with Crippen LogP contribution in [0.3, 0.4) is 0 Å². The number of carbonyl (C=O) groups excluding carboxylic acids is 1. The lowest BCUT2D eigenvalue weighted by Gasteiger charge is -2.18. The number of anilines is 1. The van der Waals surface area contributed by atoms with E-state index in [0.717, 1.165) is 16.4 Å². The SMILES string of the molecule is CN(C)S(=O)(=O)c1ccc(-c2cc(NC(=O)C3(c4ccc5c(c4)OCO5)CC3)cc(C(F)(F)F)c2)cc1. The molecule has 1 amide bonds. The number of amides is 1. The Morgan fingerprint density at radius 1 is 0.919 bits per heavy atom. The molecular formula is C26H23F3N2O5S. The van der Waals surface area contributed by atoms with Crippen LogP contribution in [0.1, 0.15) is 24.0 Å². The second kappa shape index (κ2) is 8.77. The summed E-state index contributed by atoms with van der Waals surface area (Å²) in [7, 11) is -0.911. The van der Waals surface area contributed by atoms with E-state index in [1.54, 1.807) is 18.2 Å². The second-order valence-corrected chi connectivity index (χ2v) is 11.4. The molecule has 1 heterocycles. The number of nitrogens with one attached hydrogen (secondary N) is 1. The minimum atomic E-state index is -4.65. The summed E-state index contributed by atoms with van der Waals surface area (Å²) in [4.78, 5) is 13.3. The molecule has 1 saturated carbocycles. The number of alkyl halides is 3. The fourth-order valence-corrected chi connectivity index (χ4v) is 5.18. The van der Waals surface area contributed by atoms with Gasteiger partial charge >= 0.3 is 6.18 Å². The summed E-state index contributed by atoms with van der Waals surface area (Å²) in [6.45, 7) is 0.0903. The van der Waals surface area contributed by atoms with Gasteiger partial charge in [-0.15, -0.1) is 0 Å². The van der Waals surface area contributed by atoms with Crippen molar-refractivity contribution in [3.63, 3.8) is 0 Å². The molecule has 0 radical (unpaired) electrons. The molecule has 7 nitrogen and oxygen atoms in total. The molecule has 3 aromatic rings. The van der Waals surface area contributed by atoms with Gasteiger partial charge in [-0.05, 0) is 72.0 Å². The number of fused-ring (bicyclic) bond motifs is 1. The molecule has 1 aliphatic carbocycles. The Labute approximate surface area is 211 Å². The largest absolute Gasteiger partial charge is 0.454 e. The van der Waals surface area contributed by atoms with Crippen molar-refractivity contribution < 1.29 is 35.9 Å². The van der Waals surface area contributed by atoms with Gasteiger partial charge < -0.3 is 14.8 Å². The second-order valence-electron chi connectivity index (χ2n) is 9.21. The molecule has 37 heavy (non-hydrogen) atoms. The highest BCUT2D eigenvalue weighted by atomic mass is 32.2. The van der Waals surface area contributed by atoms with E-state index in [4.69, 9.17) is 9.47 Å². The number of hydrogen-bond acceptors (Lipinski definition) is 5. The van der Waals surface area contributed by atoms with Gasteiger partial charge in [0.1, 0.15) is 0 Å². The zero-order valence-corrected chi connectivity index (χ0v) is 20.7. The van der Waals surface area contributed by atoms with Crippen molar-refractivity contribution >= 4 is 21.6 Å². The summed E-state index contributed by atoms with van der Waals surface area (Å²) in [5.41, 5.74) is -0.537. The Kier molecular flexibility index (Phi) is 5.95. The van der Waals surface area contributed by atoms with Crippen molar-refractivity contribution in [1.29, 1.82) is 0 Å². The summed E-state index contributed by atoms with van der Waals surface area (Å²) < 4.78 is 77.6. The van der Waals surface area contributed by atoms with Gasteiger partial charge in [-0.2, -0.15) is 13.2 Å². The molecule has 1 fully saturated rings. The van der Waals surface area contributed by atoms with Crippen LogP contribution in [-0.4, -0.2) is 39.5 Å². The topological polar surface area (TPSA) is 84.9 Å². The fourth-order valence-electron chi connectivity index (χ4n) is 4.28. The highest BCUT2D eigenvalue weighted by molar-refractivity contribution is 7.89. The molecule has 0 aromatic heterocycles. The fraction of sp³-hybridized carbons (Fsp3) is 0.269. The molecule has 0 bridgehead atoms. The van der Waals surface area contributed by atoms with Crippen molar-refractivity contribution in [3.8, 4) is 22.6 Å². The van der Waals surface area contributed by atoms with E-state index in [2.05, 4.69) is 5.32 Å². The maximum atomic E-state index is 13.7. The lowest BCUT2D eigenvalue weighted by Crippen LogP contribution is -2.28. The first-order chi connectivity index (χ1) is 17.4. The summed E-state index contributed by atoms with van der Waals surface area (Å²) in [5.74, 6) is 0.689. The molecule has 0 unspecified atom stereocenters. The van der Waals surface area contributed by atoms with E-state index in [0.29, 0.717) is 35.5 Å². The van der Waals surface area contributed by atoms with Crippen LogP contribution >= 0.6 is 0 Å². The van der Waals surface area contributed by atoms with Crippen molar-refractivity contribution in [1.82, 2.24) is 4.31 Å². The Morgan fingerprint density at radius 2 is 1.59 bits per heavy atom. The van der Waals surface area contributed by atoms with Gasteiger partial charge in [-0.3, -0.25) is 4.79 Å². The molecule has 194 valence electrons. The van der Waals surface area contributed by atoms with Crippen LogP contribution < -0.4 is 14.8 Å². The highest BCUT2D eigenvalue weighted by Crippen LogP contribution is 2.51. The number of ether oxygens (including phenoxy) is 2. The number of halogens is 3. The van der Waals surface area contributed by atoms with E-state index in [-0.39, 0.29) is 22.9 Å². The van der Waals surface area contributed by atoms with Crippen molar-refractivity contribution in [2.45, 2.75) is 29.3 Å². The van der Waals surface area contributed by atoms with E-state index < -0.39 is 33.1 Å². The van der Waals surface area contributed by atoms with Crippen LogP contribution in [-0.2, 0) is 26.4 Å². The van der Waals surface area contributed by atoms with Gasteiger partial charge in [0.25, 0.3) is 0 Å². The minimum absolute atomic E-state index is 0.00756. The average Bonchev–Trinajstić information content (AvgIpc) is 3.54. The van der Waals surface area contributed by atoms with E-state index in [9.17, 15) is 26.4 Å². The van der Waals surface area contributed by atoms with Gasteiger partial charge in [0.2, 0.25) is 22.7 Å². The minimum Gasteiger partial charge on any atom is -0.454 e. The van der Waals surface area contributed by atoms with E-state index in [1.165, 1.54) is 44.4 Å². The first-order valence-corrected chi connectivity index (χ1v) is 12.8. The Morgan fingerprint density at radius 3 is 2.22 bits per heavy atom. The normalized spacial score (nSPS) is 16.1. The lowest BCUT2D eigenvalue weighted by atomic mass is 9.94. The summed E-state index contributed by atoms with van der Waals surface area (Å²) in [5, 5.41) is 2.67. The summed E-state index contributed by atoms with van der Waals surface area (Å²) in [6.07, 6.45) is -3.56. The standard InChI is InChI=1S/C26H23F3N2O5S/c1-31(2)37(33,34)21-6-3-16(4-7-21)17-11-19(26(27,28)29)13-20(12-17)30-24(32)25(9-10-25)18-5-8-22-23(14-18)36-15-35-22/h3-8,11-14H,9-10,15H2,1-2H3,(H,30,32). The molecule has 1 aliphatic heterocycles. The van der Waals surface area contributed by atoms with Crippen LogP contribution in [0.5, 0.6) is 11.5 Å². The molecule has 0 spiro atoms. The number of hydrogen-bond donors (Lipinski definition) is 1. The molecule has 0 saturated heterocycles. The van der Waals surface area contributed by atoms with Gasteiger partial charge in [0.05, 0.1) is 15.9 Å². The smallest absolute Gasteiger partial charge is 0.416 e. The highest BCUT2D eigenvalue weighted by Gasteiger charge is 2.51. The number of benzene rings is 3. The van der Waals surface area contributed by atoms with Crippen LogP contribution in [0, 0.1) is 0 Å². The van der Waals surface area contributed by atoms with E-state index >= 15 is 0 Å². The molecule has 1 N–H and O–H groups in total. The number of carbonyl (C=O) groups is 1. The molecule has 11 heteroatoms. The summed E-state index contributed by atoms with van der Waals surface area (Å²) >= 11 is 0. The first-order valence-electron chi connectivity index (χ1n) is 11.4. The Bertz CT molecular complexity index is 1480. The Hall–Kier alpha value is -3.57. The van der Waals surface area contributed by atoms with Gasteiger partial charge in [-0.1, -0.05) is 18.2 Å². The predicted octanol–water partition coefficient (Wildman–Crippen LogP) is 5.02. The molecule has 3 aromatic carbocycles. The van der Waals surface area contributed by atoms with Gasteiger partial charge in [0.15, 0.2) is 11.5 Å². The maximum absolute atomic E-state index is 13.7. The van der Waals surface area contributed by atoms with Crippen molar-refractivity contribution in [3.05, 3.63) is 71.8 Å².